The Bertz CT molecular complexity index is 589. The van der Waals surface area contributed by atoms with Crippen LogP contribution >= 0.6 is 15.9 Å². The van der Waals surface area contributed by atoms with Crippen molar-refractivity contribution in [3.63, 3.8) is 0 Å². The molecular weight excluding hydrogens is 348 g/mol. The lowest BCUT2D eigenvalue weighted by Gasteiger charge is -2.30. The lowest BCUT2D eigenvalue weighted by Crippen LogP contribution is -2.45. The molecule has 8 heteroatoms. The average Bonchev–Trinajstić information content (AvgIpc) is 2.93. The number of nitrogens with zero attached hydrogens (tertiary/aromatic N) is 1. The summed E-state index contributed by atoms with van der Waals surface area (Å²) in [4.78, 5) is 0.198. The van der Waals surface area contributed by atoms with Crippen molar-refractivity contribution in [2.75, 3.05) is 20.1 Å². The maximum atomic E-state index is 12.7. The summed E-state index contributed by atoms with van der Waals surface area (Å²) in [5.41, 5.74) is 0. The van der Waals surface area contributed by atoms with Gasteiger partial charge in [-0.3, -0.25) is 0 Å². The minimum absolute atomic E-state index is 0.0333. The molecule has 2 fully saturated rings. The number of morpholine rings is 1. The van der Waals surface area contributed by atoms with E-state index in [9.17, 15) is 8.42 Å². The fraction of sp³-hybridized carbons (Fsp3) is 0.667. The highest BCUT2D eigenvalue weighted by Gasteiger charge is 2.40. The van der Waals surface area contributed by atoms with E-state index < -0.39 is 10.0 Å². The van der Waals surface area contributed by atoms with E-state index in [0.717, 1.165) is 12.8 Å². The van der Waals surface area contributed by atoms with Crippen molar-refractivity contribution in [3.05, 3.63) is 16.5 Å². The van der Waals surface area contributed by atoms with Gasteiger partial charge in [-0.25, -0.2) is 8.42 Å². The predicted octanol–water partition coefficient (Wildman–Crippen LogP) is 1.31. The van der Waals surface area contributed by atoms with Gasteiger partial charge in [-0.15, -0.1) is 0 Å². The van der Waals surface area contributed by atoms with Gasteiger partial charge in [0.25, 0.3) is 0 Å². The van der Waals surface area contributed by atoms with Gasteiger partial charge in [0.2, 0.25) is 10.0 Å². The highest BCUT2D eigenvalue weighted by molar-refractivity contribution is 9.10. The Morgan fingerprint density at radius 2 is 2.05 bits per heavy atom. The second kappa shape index (κ2) is 5.42. The summed E-state index contributed by atoms with van der Waals surface area (Å²) in [5.74, 6) is 0.592. The van der Waals surface area contributed by atoms with Gasteiger partial charge in [0, 0.05) is 19.2 Å². The first-order valence-electron chi connectivity index (χ1n) is 6.59. The summed E-state index contributed by atoms with van der Waals surface area (Å²) in [6.45, 7) is 1.35. The van der Waals surface area contributed by atoms with Gasteiger partial charge in [0.15, 0.2) is 4.67 Å². The molecule has 0 saturated carbocycles. The number of hydrogen-bond donors (Lipinski definition) is 1. The minimum atomic E-state index is -3.53. The number of fused-ring (bicyclic) bond motifs is 2. The molecular formula is C12H17BrN2O4S. The standard InChI is InChI=1S/C12H17BrN2O4S/c1-14-5-10-4-11(12(13)19-10)20(16,17)15-6-8-2-3-9(7-15)18-8/h4,8-9,14H,2-3,5-7H2,1H3. The Balaban J connectivity index is 1.88. The number of hydrogen-bond acceptors (Lipinski definition) is 5. The molecule has 2 unspecified atom stereocenters. The Kier molecular flexibility index (Phi) is 3.93. The molecule has 2 bridgehead atoms. The molecule has 6 nitrogen and oxygen atoms in total. The maximum absolute atomic E-state index is 12.7. The third kappa shape index (κ3) is 2.55. The second-order valence-electron chi connectivity index (χ2n) is 5.16. The molecule has 0 aliphatic carbocycles. The van der Waals surface area contributed by atoms with Gasteiger partial charge in [0.1, 0.15) is 10.7 Å². The minimum Gasteiger partial charge on any atom is -0.452 e. The van der Waals surface area contributed by atoms with E-state index in [1.54, 1.807) is 13.1 Å². The molecule has 2 saturated heterocycles. The second-order valence-corrected chi connectivity index (χ2v) is 7.79. The van der Waals surface area contributed by atoms with Crippen LogP contribution in [-0.2, 0) is 21.3 Å². The van der Waals surface area contributed by atoms with Gasteiger partial charge in [-0.1, -0.05) is 0 Å². The highest BCUT2D eigenvalue weighted by atomic mass is 79.9. The summed E-state index contributed by atoms with van der Waals surface area (Å²) >= 11 is 3.20. The molecule has 20 heavy (non-hydrogen) atoms. The Morgan fingerprint density at radius 3 is 2.65 bits per heavy atom. The quantitative estimate of drug-likeness (QED) is 0.871. The van der Waals surface area contributed by atoms with E-state index in [-0.39, 0.29) is 21.8 Å². The molecule has 2 atom stereocenters. The van der Waals surface area contributed by atoms with Crippen molar-refractivity contribution in [1.29, 1.82) is 0 Å². The number of halogens is 1. The summed E-state index contributed by atoms with van der Waals surface area (Å²) in [6, 6.07) is 1.58. The Hall–Kier alpha value is -0.410. The van der Waals surface area contributed by atoms with Crippen LogP contribution < -0.4 is 5.32 Å². The van der Waals surface area contributed by atoms with E-state index >= 15 is 0 Å². The molecule has 2 aliphatic rings. The van der Waals surface area contributed by atoms with E-state index in [1.807, 2.05) is 0 Å². The van der Waals surface area contributed by atoms with Crippen LogP contribution in [0, 0.1) is 0 Å². The number of furan rings is 1. The first kappa shape index (κ1) is 14.5. The molecule has 0 spiro atoms. The third-order valence-electron chi connectivity index (χ3n) is 3.69. The number of nitrogens with one attached hydrogen (secondary N) is 1. The maximum Gasteiger partial charge on any atom is 0.247 e. The van der Waals surface area contributed by atoms with E-state index in [2.05, 4.69) is 21.2 Å². The summed E-state index contributed by atoms with van der Waals surface area (Å²) < 4.78 is 38.3. The summed E-state index contributed by atoms with van der Waals surface area (Å²) in [6.07, 6.45) is 1.94. The molecule has 2 aliphatic heterocycles. The van der Waals surface area contributed by atoms with E-state index in [4.69, 9.17) is 9.15 Å². The zero-order valence-electron chi connectivity index (χ0n) is 11.1. The smallest absolute Gasteiger partial charge is 0.247 e. The number of sulfonamides is 1. The molecule has 1 N–H and O–H groups in total. The van der Waals surface area contributed by atoms with E-state index in [1.165, 1.54) is 4.31 Å². The van der Waals surface area contributed by atoms with Crippen LogP contribution in [-0.4, -0.2) is 45.1 Å². The monoisotopic (exact) mass is 364 g/mol. The SMILES string of the molecule is CNCc1cc(S(=O)(=O)N2CC3CCC(C2)O3)c(Br)o1. The van der Waals surface area contributed by atoms with Crippen molar-refractivity contribution in [1.82, 2.24) is 9.62 Å². The van der Waals surface area contributed by atoms with Gasteiger partial charge in [-0.2, -0.15) is 4.31 Å². The van der Waals surface area contributed by atoms with Gasteiger partial charge in [0.05, 0.1) is 18.8 Å². The number of rotatable bonds is 4. The molecule has 1 aromatic heterocycles. The molecule has 0 radical (unpaired) electrons. The topological polar surface area (TPSA) is 71.8 Å². The van der Waals surface area contributed by atoms with Crippen LogP contribution in [0.2, 0.25) is 0 Å². The van der Waals surface area contributed by atoms with Crippen molar-refractivity contribution in [2.24, 2.45) is 0 Å². The van der Waals surface area contributed by atoms with Crippen LogP contribution in [0.5, 0.6) is 0 Å². The summed E-state index contributed by atoms with van der Waals surface area (Å²) in [7, 11) is -1.75. The average molecular weight is 365 g/mol. The Morgan fingerprint density at radius 1 is 1.40 bits per heavy atom. The van der Waals surface area contributed by atoms with Crippen molar-refractivity contribution < 1.29 is 17.6 Å². The lowest BCUT2D eigenvalue weighted by atomic mass is 10.2. The van der Waals surface area contributed by atoms with E-state index in [0.29, 0.717) is 25.4 Å². The Labute approximate surface area is 126 Å². The third-order valence-corrected chi connectivity index (χ3v) is 6.37. The first-order valence-corrected chi connectivity index (χ1v) is 8.82. The van der Waals surface area contributed by atoms with Crippen LogP contribution in [0.25, 0.3) is 0 Å². The van der Waals surface area contributed by atoms with Crippen molar-refractivity contribution >= 4 is 26.0 Å². The molecule has 1 aromatic rings. The van der Waals surface area contributed by atoms with Crippen LogP contribution in [0.3, 0.4) is 0 Å². The summed E-state index contributed by atoms with van der Waals surface area (Å²) in [5, 5.41) is 2.94. The zero-order chi connectivity index (χ0) is 14.3. The van der Waals surface area contributed by atoms with Crippen LogP contribution in [0.1, 0.15) is 18.6 Å². The zero-order valence-corrected chi connectivity index (χ0v) is 13.5. The largest absolute Gasteiger partial charge is 0.452 e. The molecule has 0 amide bonds. The van der Waals surface area contributed by atoms with Crippen LogP contribution in [0.15, 0.2) is 20.0 Å². The first-order chi connectivity index (χ1) is 9.50. The number of ether oxygens (including phenoxy) is 1. The molecule has 112 valence electrons. The van der Waals surface area contributed by atoms with Crippen molar-refractivity contribution in [3.8, 4) is 0 Å². The van der Waals surface area contributed by atoms with Gasteiger partial charge >= 0.3 is 0 Å². The molecule has 3 heterocycles. The normalized spacial score (nSPS) is 27.1. The fourth-order valence-electron chi connectivity index (χ4n) is 2.75. The van der Waals surface area contributed by atoms with Gasteiger partial charge in [-0.05, 0) is 35.8 Å². The fourth-order valence-corrected chi connectivity index (χ4v) is 5.21. The molecule has 0 aromatic carbocycles. The highest BCUT2D eigenvalue weighted by Crippen LogP contribution is 2.33. The van der Waals surface area contributed by atoms with Gasteiger partial charge < -0.3 is 14.5 Å². The predicted molar refractivity (Wildman–Crippen MR) is 75.8 cm³/mol. The van der Waals surface area contributed by atoms with Crippen molar-refractivity contribution in [2.45, 2.75) is 36.5 Å². The molecule has 3 rings (SSSR count). The van der Waals surface area contributed by atoms with Crippen LogP contribution in [0.4, 0.5) is 0 Å². The lowest BCUT2D eigenvalue weighted by molar-refractivity contribution is -0.0114.